The molecular weight excluding hydrogens is 284 g/mol. The molecule has 0 heterocycles. The number of thiol groups is 1. The van der Waals surface area contributed by atoms with Crippen LogP contribution in [0.1, 0.15) is 27.7 Å². The Labute approximate surface area is 122 Å². The predicted molar refractivity (Wildman–Crippen MR) is 80.0 cm³/mol. The van der Waals surface area contributed by atoms with E-state index in [1.165, 1.54) is 0 Å². The van der Waals surface area contributed by atoms with Crippen molar-refractivity contribution in [3.63, 3.8) is 0 Å². The van der Waals surface area contributed by atoms with Crippen molar-refractivity contribution in [1.29, 1.82) is 0 Å². The molecule has 1 rings (SSSR count). The zero-order valence-corrected chi connectivity index (χ0v) is 13.1. The Morgan fingerprint density at radius 2 is 1.95 bits per heavy atom. The zero-order chi connectivity index (χ0) is 14.5. The van der Waals surface area contributed by atoms with Crippen LogP contribution in [0.25, 0.3) is 0 Å². The van der Waals surface area contributed by atoms with Crippen molar-refractivity contribution in [1.82, 2.24) is 0 Å². The summed E-state index contributed by atoms with van der Waals surface area (Å²) in [5.74, 6) is 1.02. The van der Waals surface area contributed by atoms with Gasteiger partial charge in [0.05, 0.1) is 6.10 Å². The van der Waals surface area contributed by atoms with Crippen molar-refractivity contribution in [2.75, 3.05) is 0 Å². The first-order chi connectivity index (χ1) is 8.82. The second kappa shape index (κ2) is 6.96. The molecule has 0 spiro atoms. The van der Waals surface area contributed by atoms with Crippen molar-refractivity contribution in [3.8, 4) is 11.5 Å². The van der Waals surface area contributed by atoms with Gasteiger partial charge in [-0.1, -0.05) is 6.07 Å². The van der Waals surface area contributed by atoms with Gasteiger partial charge in [-0.05, 0) is 50.6 Å². The Bertz CT molecular complexity index is 432. The van der Waals surface area contributed by atoms with E-state index < -0.39 is 11.1 Å². The number of hydrogen-bond donors (Lipinski definition) is 1. The van der Waals surface area contributed by atoms with E-state index in [4.69, 9.17) is 14.2 Å². The first-order valence-electron chi connectivity index (χ1n) is 5.82. The van der Waals surface area contributed by atoms with Crippen LogP contribution in [0, 0.1) is 0 Å². The van der Waals surface area contributed by atoms with Gasteiger partial charge >= 0.3 is 6.16 Å². The van der Waals surface area contributed by atoms with Crippen LogP contribution in [0.2, 0.25) is 0 Å². The van der Waals surface area contributed by atoms with Gasteiger partial charge in [0.15, 0.2) is 4.93 Å². The molecule has 0 aliphatic carbocycles. The first-order valence-corrected chi connectivity index (χ1v) is 7.69. The molecule has 0 saturated carbocycles. The maximum Gasteiger partial charge on any atom is 0.515 e. The summed E-state index contributed by atoms with van der Waals surface area (Å²) in [6, 6.07) is 6.85. The SMILES string of the molecule is CC(C)Oc1cccc(OC(=O)OC(C)(C)SS)c1. The van der Waals surface area contributed by atoms with E-state index in [2.05, 4.69) is 11.7 Å². The molecule has 0 unspecified atom stereocenters. The highest BCUT2D eigenvalue weighted by molar-refractivity contribution is 8.69. The van der Waals surface area contributed by atoms with E-state index in [1.54, 1.807) is 38.1 Å². The van der Waals surface area contributed by atoms with Crippen LogP contribution < -0.4 is 9.47 Å². The lowest BCUT2D eigenvalue weighted by molar-refractivity contribution is 0.0586. The van der Waals surface area contributed by atoms with Gasteiger partial charge in [-0.25, -0.2) is 4.79 Å². The number of rotatable bonds is 5. The maximum absolute atomic E-state index is 11.6. The van der Waals surface area contributed by atoms with Crippen LogP contribution in [0.3, 0.4) is 0 Å². The molecule has 0 atom stereocenters. The van der Waals surface area contributed by atoms with Crippen LogP contribution in [0.5, 0.6) is 11.5 Å². The molecule has 0 N–H and O–H groups in total. The van der Waals surface area contributed by atoms with Crippen LogP contribution in [0.4, 0.5) is 4.79 Å². The fourth-order valence-electron chi connectivity index (χ4n) is 1.22. The van der Waals surface area contributed by atoms with Crippen LogP contribution in [-0.2, 0) is 4.74 Å². The average Bonchev–Trinajstić information content (AvgIpc) is 2.27. The predicted octanol–water partition coefficient (Wildman–Crippen LogP) is 4.30. The summed E-state index contributed by atoms with van der Waals surface area (Å²) in [7, 11) is 1.12. The molecule has 0 amide bonds. The van der Waals surface area contributed by atoms with Crippen molar-refractivity contribution in [2.45, 2.75) is 38.7 Å². The zero-order valence-electron chi connectivity index (χ0n) is 11.4. The summed E-state index contributed by atoms with van der Waals surface area (Å²) in [6.45, 7) is 7.30. The first kappa shape index (κ1) is 16.0. The van der Waals surface area contributed by atoms with Crippen LogP contribution in [0.15, 0.2) is 24.3 Å². The molecule has 0 bridgehead atoms. The van der Waals surface area contributed by atoms with E-state index in [1.807, 2.05) is 13.8 Å². The van der Waals surface area contributed by atoms with Crippen LogP contribution >= 0.6 is 22.5 Å². The summed E-state index contributed by atoms with van der Waals surface area (Å²) in [6.07, 6.45) is -0.713. The van der Waals surface area contributed by atoms with Crippen LogP contribution in [-0.4, -0.2) is 17.2 Å². The number of hydrogen-bond acceptors (Lipinski definition) is 6. The van der Waals surface area contributed by atoms with Crippen molar-refractivity contribution in [2.24, 2.45) is 0 Å². The standard InChI is InChI=1S/C13H18O4S2/c1-9(2)15-10-6-5-7-11(8-10)16-12(14)17-13(3,4)19-18/h5-9,18H,1-4H3. The lowest BCUT2D eigenvalue weighted by atomic mass is 10.3. The molecule has 19 heavy (non-hydrogen) atoms. The summed E-state index contributed by atoms with van der Waals surface area (Å²) in [5.41, 5.74) is 0. The number of ether oxygens (including phenoxy) is 3. The second-order valence-corrected chi connectivity index (χ2v) is 6.30. The minimum Gasteiger partial charge on any atom is -0.491 e. The van der Waals surface area contributed by atoms with Gasteiger partial charge in [-0.3, -0.25) is 0 Å². The molecule has 1 aromatic carbocycles. The van der Waals surface area contributed by atoms with E-state index in [0.29, 0.717) is 11.5 Å². The average molecular weight is 302 g/mol. The third-order valence-electron chi connectivity index (χ3n) is 1.93. The van der Waals surface area contributed by atoms with Gasteiger partial charge in [0.25, 0.3) is 0 Å². The minimum absolute atomic E-state index is 0.0571. The fourth-order valence-corrected chi connectivity index (χ4v) is 1.44. The van der Waals surface area contributed by atoms with Gasteiger partial charge in [0, 0.05) is 6.07 Å². The molecule has 1 aromatic rings. The highest BCUT2D eigenvalue weighted by Crippen LogP contribution is 2.29. The van der Waals surface area contributed by atoms with Gasteiger partial charge in [0.1, 0.15) is 11.5 Å². The summed E-state index contributed by atoms with van der Waals surface area (Å²) in [4.78, 5) is 10.8. The van der Waals surface area contributed by atoms with E-state index in [0.717, 1.165) is 10.8 Å². The van der Waals surface area contributed by atoms with Gasteiger partial charge in [-0.15, -0.1) is 11.7 Å². The smallest absolute Gasteiger partial charge is 0.491 e. The molecule has 0 aliphatic rings. The Morgan fingerprint density at radius 1 is 1.32 bits per heavy atom. The third kappa shape index (κ3) is 6.11. The van der Waals surface area contributed by atoms with Gasteiger partial charge in [-0.2, -0.15) is 0 Å². The molecule has 0 saturated heterocycles. The van der Waals surface area contributed by atoms with E-state index in [9.17, 15) is 4.79 Å². The van der Waals surface area contributed by atoms with Crippen molar-refractivity contribution >= 4 is 28.6 Å². The Hall–Kier alpha value is -1.01. The molecule has 0 fully saturated rings. The lowest BCUT2D eigenvalue weighted by Crippen LogP contribution is -2.25. The largest absolute Gasteiger partial charge is 0.515 e. The second-order valence-electron chi connectivity index (χ2n) is 4.59. The highest BCUT2D eigenvalue weighted by atomic mass is 33.1. The summed E-state index contributed by atoms with van der Waals surface area (Å²) in [5, 5.41) is 0. The number of carbonyl (C=O) groups excluding carboxylic acids is 1. The number of benzene rings is 1. The van der Waals surface area contributed by atoms with Crippen molar-refractivity contribution < 1.29 is 19.0 Å². The topological polar surface area (TPSA) is 44.8 Å². The molecule has 4 nitrogen and oxygen atoms in total. The number of carbonyl (C=O) groups is 1. The Balaban J connectivity index is 2.64. The normalized spacial score (nSPS) is 11.3. The molecule has 0 aliphatic heterocycles. The Kier molecular flexibility index (Phi) is 5.87. The Morgan fingerprint density at radius 3 is 2.53 bits per heavy atom. The summed E-state index contributed by atoms with van der Waals surface area (Å²) < 4.78 is 15.7. The molecule has 106 valence electrons. The molecular formula is C13H18O4S2. The van der Waals surface area contributed by atoms with E-state index in [-0.39, 0.29) is 6.10 Å². The third-order valence-corrected chi connectivity index (χ3v) is 3.77. The molecule has 0 aromatic heterocycles. The monoisotopic (exact) mass is 302 g/mol. The minimum atomic E-state index is -0.770. The molecule has 0 radical (unpaired) electrons. The lowest BCUT2D eigenvalue weighted by Gasteiger charge is -2.20. The maximum atomic E-state index is 11.6. The van der Waals surface area contributed by atoms with Crippen molar-refractivity contribution in [3.05, 3.63) is 24.3 Å². The molecule has 6 heteroatoms. The highest BCUT2D eigenvalue weighted by Gasteiger charge is 2.23. The quantitative estimate of drug-likeness (QED) is 0.289. The summed E-state index contributed by atoms with van der Waals surface area (Å²) >= 11 is 4.02. The fraction of sp³-hybridized carbons (Fsp3) is 0.462. The van der Waals surface area contributed by atoms with Gasteiger partial charge in [0.2, 0.25) is 0 Å². The van der Waals surface area contributed by atoms with Gasteiger partial charge < -0.3 is 14.2 Å². The van der Waals surface area contributed by atoms with E-state index >= 15 is 0 Å².